The first-order valence-electron chi connectivity index (χ1n) is 5.66. The summed E-state index contributed by atoms with van der Waals surface area (Å²) in [5.41, 5.74) is 0.765. The van der Waals surface area contributed by atoms with Crippen LogP contribution in [0.4, 0.5) is 11.5 Å². The van der Waals surface area contributed by atoms with Crippen molar-refractivity contribution in [1.29, 1.82) is 5.26 Å². The average Bonchev–Trinajstić information content (AvgIpc) is 2.46. The fourth-order valence-corrected chi connectivity index (χ4v) is 1.58. The molecular formula is C13H10N4O3. The molecule has 1 heterocycles. The van der Waals surface area contributed by atoms with Gasteiger partial charge in [0.25, 0.3) is 5.69 Å². The van der Waals surface area contributed by atoms with E-state index in [1.54, 1.807) is 24.3 Å². The van der Waals surface area contributed by atoms with E-state index in [0.717, 1.165) is 11.8 Å². The van der Waals surface area contributed by atoms with Crippen LogP contribution in [0.25, 0.3) is 0 Å². The molecule has 20 heavy (non-hydrogen) atoms. The number of phenolic OH excluding ortho intramolecular Hbond substituents is 1. The van der Waals surface area contributed by atoms with Crippen LogP contribution >= 0.6 is 0 Å². The predicted octanol–water partition coefficient (Wildman–Crippen LogP) is 2.18. The molecule has 0 radical (unpaired) electrons. The van der Waals surface area contributed by atoms with Crippen molar-refractivity contribution in [3.05, 3.63) is 57.8 Å². The average molecular weight is 270 g/mol. The first kappa shape index (κ1) is 13.3. The fourth-order valence-electron chi connectivity index (χ4n) is 1.58. The monoisotopic (exact) mass is 270 g/mol. The van der Waals surface area contributed by atoms with Crippen molar-refractivity contribution >= 4 is 11.5 Å². The fraction of sp³-hybridized carbons (Fsp3) is 0.0769. The lowest BCUT2D eigenvalue weighted by Crippen LogP contribution is -2.04. The van der Waals surface area contributed by atoms with Crippen molar-refractivity contribution in [1.82, 2.24) is 4.98 Å². The highest BCUT2D eigenvalue weighted by atomic mass is 16.6. The van der Waals surface area contributed by atoms with Gasteiger partial charge >= 0.3 is 0 Å². The molecule has 0 saturated heterocycles. The Labute approximate surface area is 114 Å². The van der Waals surface area contributed by atoms with Crippen LogP contribution in [0.3, 0.4) is 0 Å². The second-order valence-electron chi connectivity index (χ2n) is 3.98. The summed E-state index contributed by atoms with van der Waals surface area (Å²) in [6.07, 6.45) is 1.10. The Morgan fingerprint density at radius 1 is 1.40 bits per heavy atom. The molecule has 0 unspecified atom stereocenters. The minimum atomic E-state index is -0.600. The van der Waals surface area contributed by atoms with E-state index in [2.05, 4.69) is 10.3 Å². The lowest BCUT2D eigenvalue weighted by atomic mass is 10.2. The molecule has 2 aromatic rings. The Morgan fingerprint density at radius 2 is 2.10 bits per heavy atom. The summed E-state index contributed by atoms with van der Waals surface area (Å²) < 4.78 is 0. The summed E-state index contributed by atoms with van der Waals surface area (Å²) in [5, 5.41) is 31.7. The predicted molar refractivity (Wildman–Crippen MR) is 71.0 cm³/mol. The van der Waals surface area contributed by atoms with E-state index < -0.39 is 4.92 Å². The highest BCUT2D eigenvalue weighted by molar-refractivity contribution is 5.55. The van der Waals surface area contributed by atoms with Gasteiger partial charge in [-0.05, 0) is 17.7 Å². The van der Waals surface area contributed by atoms with E-state index in [-0.39, 0.29) is 22.8 Å². The first-order chi connectivity index (χ1) is 9.60. The molecule has 0 aliphatic carbocycles. The number of rotatable bonds is 4. The van der Waals surface area contributed by atoms with Gasteiger partial charge < -0.3 is 10.4 Å². The molecule has 0 aliphatic rings. The maximum atomic E-state index is 10.6. The quantitative estimate of drug-likeness (QED) is 0.650. The maximum absolute atomic E-state index is 10.6. The number of nitro groups is 1. The minimum absolute atomic E-state index is 0.109. The summed E-state index contributed by atoms with van der Waals surface area (Å²) in [4.78, 5) is 13.9. The summed E-state index contributed by atoms with van der Waals surface area (Å²) in [7, 11) is 0. The van der Waals surface area contributed by atoms with Gasteiger partial charge in [0.15, 0.2) is 0 Å². The zero-order valence-electron chi connectivity index (χ0n) is 10.3. The van der Waals surface area contributed by atoms with Crippen LogP contribution in [0.1, 0.15) is 11.1 Å². The van der Waals surface area contributed by atoms with Gasteiger partial charge in [-0.1, -0.05) is 12.1 Å². The largest absolute Gasteiger partial charge is 0.508 e. The summed E-state index contributed by atoms with van der Waals surface area (Å²) in [6, 6.07) is 9.58. The lowest BCUT2D eigenvalue weighted by molar-refractivity contribution is -0.385. The topological polar surface area (TPSA) is 112 Å². The molecule has 7 heteroatoms. The van der Waals surface area contributed by atoms with Crippen LogP contribution in [0.2, 0.25) is 0 Å². The van der Waals surface area contributed by atoms with Crippen molar-refractivity contribution in [2.24, 2.45) is 0 Å². The van der Waals surface area contributed by atoms with Gasteiger partial charge in [0, 0.05) is 12.6 Å². The number of aromatic hydroxyl groups is 1. The van der Waals surface area contributed by atoms with Gasteiger partial charge in [-0.3, -0.25) is 10.1 Å². The number of hydrogen-bond donors (Lipinski definition) is 2. The van der Waals surface area contributed by atoms with E-state index in [4.69, 9.17) is 10.4 Å². The van der Waals surface area contributed by atoms with Crippen LogP contribution in [0.15, 0.2) is 36.5 Å². The van der Waals surface area contributed by atoms with Crippen LogP contribution in [0, 0.1) is 21.4 Å². The number of nitriles is 1. The van der Waals surface area contributed by atoms with Crippen molar-refractivity contribution < 1.29 is 10.0 Å². The molecule has 0 fully saturated rings. The molecular weight excluding hydrogens is 260 g/mol. The first-order valence-corrected chi connectivity index (χ1v) is 5.66. The molecule has 1 aromatic heterocycles. The van der Waals surface area contributed by atoms with Crippen LogP contribution in [0.5, 0.6) is 5.75 Å². The number of benzene rings is 1. The molecule has 100 valence electrons. The molecule has 0 bridgehead atoms. The Morgan fingerprint density at radius 3 is 2.70 bits per heavy atom. The van der Waals surface area contributed by atoms with Gasteiger partial charge in [0.1, 0.15) is 29.4 Å². The third-order valence-corrected chi connectivity index (χ3v) is 2.60. The molecule has 7 nitrogen and oxygen atoms in total. The van der Waals surface area contributed by atoms with Gasteiger partial charge in [0.2, 0.25) is 0 Å². The van der Waals surface area contributed by atoms with Gasteiger partial charge in [-0.25, -0.2) is 4.98 Å². The molecule has 1 aromatic carbocycles. The molecule has 2 rings (SSSR count). The summed E-state index contributed by atoms with van der Waals surface area (Å²) in [5.74, 6) is 0.450. The van der Waals surface area contributed by atoms with Crippen LogP contribution in [-0.2, 0) is 6.54 Å². The Kier molecular flexibility index (Phi) is 3.77. The zero-order valence-corrected chi connectivity index (χ0v) is 10.3. The normalized spacial score (nSPS) is 9.75. The van der Waals surface area contributed by atoms with Crippen molar-refractivity contribution in [2.45, 2.75) is 6.54 Å². The zero-order chi connectivity index (χ0) is 14.5. The second-order valence-corrected chi connectivity index (χ2v) is 3.98. The molecule has 0 atom stereocenters. The SMILES string of the molecule is N#Cc1cc([N+](=O)[O-])cnc1NCc1ccc(O)cc1. The summed E-state index contributed by atoms with van der Waals surface area (Å²) >= 11 is 0. The molecule has 0 saturated carbocycles. The highest BCUT2D eigenvalue weighted by Gasteiger charge is 2.11. The van der Waals surface area contributed by atoms with Crippen molar-refractivity contribution in [3.8, 4) is 11.8 Å². The third-order valence-electron chi connectivity index (χ3n) is 2.60. The van der Waals surface area contributed by atoms with Gasteiger partial charge in [-0.15, -0.1) is 0 Å². The number of pyridine rings is 1. The Bertz CT molecular complexity index is 677. The van der Waals surface area contributed by atoms with Gasteiger partial charge in [0.05, 0.1) is 4.92 Å². The third kappa shape index (κ3) is 3.00. The van der Waals surface area contributed by atoms with Crippen LogP contribution in [-0.4, -0.2) is 15.0 Å². The number of nitrogens with zero attached hydrogens (tertiary/aromatic N) is 3. The maximum Gasteiger partial charge on any atom is 0.289 e. The number of hydrogen-bond acceptors (Lipinski definition) is 6. The Balaban J connectivity index is 2.15. The molecule has 2 N–H and O–H groups in total. The van der Waals surface area contributed by atoms with E-state index in [9.17, 15) is 10.1 Å². The van der Waals surface area contributed by atoms with Crippen molar-refractivity contribution in [2.75, 3.05) is 5.32 Å². The Hall–Kier alpha value is -3.14. The van der Waals surface area contributed by atoms with E-state index in [0.29, 0.717) is 6.54 Å². The number of nitrogens with one attached hydrogen (secondary N) is 1. The summed E-state index contributed by atoms with van der Waals surface area (Å²) in [6.45, 7) is 0.389. The number of anilines is 1. The number of phenols is 1. The number of aromatic nitrogens is 1. The molecule has 0 amide bonds. The van der Waals surface area contributed by atoms with Crippen molar-refractivity contribution in [3.63, 3.8) is 0 Å². The standard InChI is InChI=1S/C13H10N4O3/c14-6-10-5-11(17(19)20)8-16-13(10)15-7-9-1-3-12(18)4-2-9/h1-5,8,18H,7H2,(H,15,16). The van der Waals surface area contributed by atoms with Crippen LogP contribution < -0.4 is 5.32 Å². The van der Waals surface area contributed by atoms with E-state index in [1.165, 1.54) is 6.07 Å². The van der Waals surface area contributed by atoms with E-state index in [1.807, 2.05) is 6.07 Å². The molecule has 0 spiro atoms. The van der Waals surface area contributed by atoms with Gasteiger partial charge in [-0.2, -0.15) is 5.26 Å². The second kappa shape index (κ2) is 5.67. The minimum Gasteiger partial charge on any atom is -0.508 e. The lowest BCUT2D eigenvalue weighted by Gasteiger charge is -2.07. The smallest absolute Gasteiger partial charge is 0.289 e. The van der Waals surface area contributed by atoms with E-state index >= 15 is 0 Å². The highest BCUT2D eigenvalue weighted by Crippen LogP contribution is 2.19. The molecule has 0 aliphatic heterocycles.